The van der Waals surface area contributed by atoms with Crippen molar-refractivity contribution in [2.75, 3.05) is 13.6 Å². The van der Waals surface area contributed by atoms with Gasteiger partial charge in [0.15, 0.2) is 0 Å². The van der Waals surface area contributed by atoms with Gasteiger partial charge in [-0.05, 0) is 45.0 Å². The molecule has 0 spiro atoms. The van der Waals surface area contributed by atoms with E-state index in [1.807, 2.05) is 14.0 Å². The van der Waals surface area contributed by atoms with Crippen molar-refractivity contribution in [1.82, 2.24) is 9.62 Å². The summed E-state index contributed by atoms with van der Waals surface area (Å²) >= 11 is 11.7. The first-order valence-electron chi connectivity index (χ1n) is 6.47. The summed E-state index contributed by atoms with van der Waals surface area (Å²) in [5, 5.41) is 0.613. The number of hydrogen-bond acceptors (Lipinski definition) is 3. The molecule has 1 N–H and O–H groups in total. The zero-order valence-corrected chi connectivity index (χ0v) is 13.8. The second kappa shape index (κ2) is 6.20. The van der Waals surface area contributed by atoms with E-state index in [1.165, 1.54) is 31.0 Å². The summed E-state index contributed by atoms with van der Waals surface area (Å²) in [6, 6.07) is 5.03. The summed E-state index contributed by atoms with van der Waals surface area (Å²) in [6.45, 7) is 2.37. The van der Waals surface area contributed by atoms with Crippen LogP contribution in [0.15, 0.2) is 23.1 Å². The van der Waals surface area contributed by atoms with E-state index in [-0.39, 0.29) is 10.9 Å². The molecule has 2 rings (SSSR count). The molecule has 4 nitrogen and oxygen atoms in total. The van der Waals surface area contributed by atoms with Crippen molar-refractivity contribution >= 4 is 33.2 Å². The van der Waals surface area contributed by atoms with Crippen LogP contribution in [0.3, 0.4) is 0 Å². The van der Waals surface area contributed by atoms with Gasteiger partial charge in [0, 0.05) is 28.7 Å². The molecule has 1 aliphatic carbocycles. The zero-order valence-electron chi connectivity index (χ0n) is 11.4. The SMILES string of the molecule is CC(CNS(=O)(=O)c1cc(Cl)cc(Cl)c1)N(C)C1CC1. The topological polar surface area (TPSA) is 49.4 Å². The van der Waals surface area contributed by atoms with Crippen molar-refractivity contribution in [3.05, 3.63) is 28.2 Å². The molecule has 1 aromatic carbocycles. The summed E-state index contributed by atoms with van der Waals surface area (Å²) in [5.74, 6) is 0. The van der Waals surface area contributed by atoms with Gasteiger partial charge in [0.1, 0.15) is 0 Å². The number of rotatable bonds is 6. The van der Waals surface area contributed by atoms with Crippen molar-refractivity contribution in [2.45, 2.75) is 36.7 Å². The third kappa shape index (κ3) is 4.09. The molecule has 1 aromatic rings. The minimum Gasteiger partial charge on any atom is -0.299 e. The third-order valence-corrected chi connectivity index (χ3v) is 5.37. The van der Waals surface area contributed by atoms with Crippen LogP contribution in [0.2, 0.25) is 10.0 Å². The zero-order chi connectivity index (χ0) is 14.9. The van der Waals surface area contributed by atoms with Crippen molar-refractivity contribution in [2.24, 2.45) is 0 Å². The molecule has 1 aliphatic rings. The number of halogens is 2. The van der Waals surface area contributed by atoms with Crippen LogP contribution < -0.4 is 4.72 Å². The lowest BCUT2D eigenvalue weighted by Gasteiger charge is -2.24. The average Bonchev–Trinajstić information content (AvgIpc) is 3.18. The van der Waals surface area contributed by atoms with E-state index in [1.54, 1.807) is 0 Å². The Balaban J connectivity index is 2.03. The Morgan fingerprint density at radius 3 is 2.35 bits per heavy atom. The molecule has 0 aromatic heterocycles. The Kier molecular flexibility index (Phi) is 4.97. The Labute approximate surface area is 130 Å². The average molecular weight is 337 g/mol. The van der Waals surface area contributed by atoms with Gasteiger partial charge in [0.25, 0.3) is 0 Å². The van der Waals surface area contributed by atoms with E-state index in [4.69, 9.17) is 23.2 Å². The molecule has 1 fully saturated rings. The molecule has 0 amide bonds. The monoisotopic (exact) mass is 336 g/mol. The van der Waals surface area contributed by atoms with Crippen molar-refractivity contribution in [3.63, 3.8) is 0 Å². The predicted octanol–water partition coefficient (Wildman–Crippen LogP) is 2.75. The van der Waals surface area contributed by atoms with Crippen LogP contribution in [0, 0.1) is 0 Å². The molecule has 7 heteroatoms. The third-order valence-electron chi connectivity index (χ3n) is 3.53. The molecule has 0 heterocycles. The standard InChI is InChI=1S/C13H18Cl2N2O2S/c1-9(17(2)12-3-4-12)8-16-20(18,19)13-6-10(14)5-11(15)7-13/h5-7,9,12,16H,3-4,8H2,1-2H3. The molecule has 0 radical (unpaired) electrons. The van der Waals surface area contributed by atoms with Crippen LogP contribution in [0.25, 0.3) is 0 Å². The summed E-state index contributed by atoms with van der Waals surface area (Å²) < 4.78 is 27.0. The molecule has 1 atom stereocenters. The summed E-state index contributed by atoms with van der Waals surface area (Å²) in [4.78, 5) is 2.30. The Morgan fingerprint density at radius 1 is 1.30 bits per heavy atom. The van der Waals surface area contributed by atoms with Gasteiger partial charge < -0.3 is 0 Å². The van der Waals surface area contributed by atoms with E-state index >= 15 is 0 Å². The molecule has 20 heavy (non-hydrogen) atoms. The lowest BCUT2D eigenvalue weighted by Crippen LogP contribution is -2.41. The fourth-order valence-corrected chi connectivity index (χ4v) is 3.83. The normalized spacial score (nSPS) is 17.4. The minimum atomic E-state index is -3.58. The largest absolute Gasteiger partial charge is 0.299 e. The highest BCUT2D eigenvalue weighted by molar-refractivity contribution is 7.89. The Morgan fingerprint density at radius 2 is 1.85 bits per heavy atom. The lowest BCUT2D eigenvalue weighted by atomic mass is 10.3. The lowest BCUT2D eigenvalue weighted by molar-refractivity contribution is 0.248. The first-order valence-corrected chi connectivity index (χ1v) is 8.71. The van der Waals surface area contributed by atoms with E-state index in [9.17, 15) is 8.42 Å². The Bertz CT molecular complexity index is 568. The summed E-state index contributed by atoms with van der Waals surface area (Å²) in [5.41, 5.74) is 0. The van der Waals surface area contributed by atoms with Crippen LogP contribution >= 0.6 is 23.2 Å². The van der Waals surface area contributed by atoms with Gasteiger partial charge in [-0.2, -0.15) is 0 Å². The van der Waals surface area contributed by atoms with Crippen LogP contribution in [0.5, 0.6) is 0 Å². The molecule has 112 valence electrons. The molecule has 1 saturated carbocycles. The van der Waals surface area contributed by atoms with E-state index < -0.39 is 10.0 Å². The molecular formula is C13H18Cl2N2O2S. The number of nitrogens with one attached hydrogen (secondary N) is 1. The van der Waals surface area contributed by atoms with Gasteiger partial charge >= 0.3 is 0 Å². The van der Waals surface area contributed by atoms with Gasteiger partial charge in [-0.3, -0.25) is 4.90 Å². The highest BCUT2D eigenvalue weighted by atomic mass is 35.5. The van der Waals surface area contributed by atoms with Crippen molar-refractivity contribution < 1.29 is 8.42 Å². The van der Waals surface area contributed by atoms with Gasteiger partial charge in [0.2, 0.25) is 10.0 Å². The van der Waals surface area contributed by atoms with Gasteiger partial charge in [-0.25, -0.2) is 13.1 Å². The second-order valence-corrected chi connectivity index (χ2v) is 7.84. The van der Waals surface area contributed by atoms with Crippen LogP contribution in [0.4, 0.5) is 0 Å². The first kappa shape index (κ1) is 16.0. The van der Waals surface area contributed by atoms with Crippen molar-refractivity contribution in [1.29, 1.82) is 0 Å². The summed E-state index contributed by atoms with van der Waals surface area (Å²) in [7, 11) is -1.56. The molecule has 1 unspecified atom stereocenters. The molecule has 0 saturated heterocycles. The van der Waals surface area contributed by atoms with Gasteiger partial charge in [-0.1, -0.05) is 23.2 Å². The molecule has 0 bridgehead atoms. The molecular weight excluding hydrogens is 319 g/mol. The highest BCUT2D eigenvalue weighted by Crippen LogP contribution is 2.27. The van der Waals surface area contributed by atoms with E-state index in [0.29, 0.717) is 22.6 Å². The predicted molar refractivity (Wildman–Crippen MR) is 81.9 cm³/mol. The van der Waals surface area contributed by atoms with E-state index in [0.717, 1.165) is 0 Å². The van der Waals surface area contributed by atoms with Gasteiger partial charge in [-0.15, -0.1) is 0 Å². The first-order chi connectivity index (χ1) is 9.29. The van der Waals surface area contributed by atoms with E-state index in [2.05, 4.69) is 9.62 Å². The van der Waals surface area contributed by atoms with Crippen molar-refractivity contribution in [3.8, 4) is 0 Å². The van der Waals surface area contributed by atoms with Crippen LogP contribution in [0.1, 0.15) is 19.8 Å². The minimum absolute atomic E-state index is 0.0938. The van der Waals surface area contributed by atoms with Crippen LogP contribution in [-0.2, 0) is 10.0 Å². The molecule has 0 aliphatic heterocycles. The highest BCUT2D eigenvalue weighted by Gasteiger charge is 2.29. The number of hydrogen-bond donors (Lipinski definition) is 1. The summed E-state index contributed by atoms with van der Waals surface area (Å²) in [6.07, 6.45) is 2.38. The maximum atomic E-state index is 12.2. The number of likely N-dealkylation sites (N-methyl/N-ethyl adjacent to an activating group) is 1. The fraction of sp³-hybridized carbons (Fsp3) is 0.538. The second-order valence-electron chi connectivity index (χ2n) is 5.20. The number of benzene rings is 1. The smallest absolute Gasteiger partial charge is 0.240 e. The Hall–Kier alpha value is -0.330. The quantitative estimate of drug-likeness (QED) is 0.868. The maximum absolute atomic E-state index is 12.2. The fourth-order valence-electron chi connectivity index (χ4n) is 1.98. The number of sulfonamides is 1. The number of nitrogens with zero attached hydrogens (tertiary/aromatic N) is 1. The van der Waals surface area contributed by atoms with Gasteiger partial charge in [0.05, 0.1) is 4.90 Å². The maximum Gasteiger partial charge on any atom is 0.240 e. The van der Waals surface area contributed by atoms with Crippen LogP contribution in [-0.4, -0.2) is 39.0 Å².